The fourth-order valence-electron chi connectivity index (χ4n) is 2.43. The maximum absolute atomic E-state index is 12.3. The summed E-state index contributed by atoms with van der Waals surface area (Å²) in [5.74, 6) is 1.20. The Kier molecular flexibility index (Phi) is 6.92. The van der Waals surface area contributed by atoms with Gasteiger partial charge in [-0.2, -0.15) is 17.0 Å². The Morgan fingerprint density at radius 2 is 1.94 bits per heavy atom. The third-order valence-electron chi connectivity index (χ3n) is 3.60. The van der Waals surface area contributed by atoms with E-state index in [2.05, 4.69) is 6.92 Å². The molecule has 1 fully saturated rings. The van der Waals surface area contributed by atoms with Gasteiger partial charge in [-0.05, 0) is 25.2 Å². The zero-order chi connectivity index (χ0) is 13.6. The summed E-state index contributed by atoms with van der Waals surface area (Å²) < 4.78 is 27.6. The largest absolute Gasteiger partial charge is 0.281 e. The third kappa shape index (κ3) is 4.37. The van der Waals surface area contributed by atoms with Crippen LogP contribution in [-0.2, 0) is 10.2 Å². The number of hydrogen-bond donors (Lipinski definition) is 0. The second-order valence-electron chi connectivity index (χ2n) is 5.00. The summed E-state index contributed by atoms with van der Waals surface area (Å²) in [6.07, 6.45) is 5.10. The molecule has 0 aromatic rings. The second-order valence-corrected chi connectivity index (χ2v) is 7.42. The minimum Gasteiger partial charge on any atom is -0.195 e. The Morgan fingerprint density at radius 3 is 2.44 bits per heavy atom. The van der Waals surface area contributed by atoms with Gasteiger partial charge in [-0.25, -0.2) is 0 Å². The standard InChI is InChI=1S/C12H25ClN2O2S/c1-3-5-12-6-10-15(11-7-12)18(16,17)14(2)9-4-8-13/h12H,3-11H2,1-2H3. The summed E-state index contributed by atoms with van der Waals surface area (Å²) in [5.41, 5.74) is 0. The maximum atomic E-state index is 12.3. The summed E-state index contributed by atoms with van der Waals surface area (Å²) in [6, 6.07) is 0. The summed E-state index contributed by atoms with van der Waals surface area (Å²) in [7, 11) is -1.63. The van der Waals surface area contributed by atoms with Crippen molar-refractivity contribution in [2.24, 2.45) is 5.92 Å². The van der Waals surface area contributed by atoms with Crippen LogP contribution in [0.1, 0.15) is 39.0 Å². The van der Waals surface area contributed by atoms with Crippen molar-refractivity contribution in [1.82, 2.24) is 8.61 Å². The molecular formula is C12H25ClN2O2S. The molecule has 0 unspecified atom stereocenters. The molecule has 1 saturated heterocycles. The van der Waals surface area contributed by atoms with Crippen LogP contribution in [0, 0.1) is 5.92 Å². The second kappa shape index (κ2) is 7.68. The molecule has 0 radical (unpaired) electrons. The molecule has 0 bridgehead atoms. The molecule has 0 aromatic carbocycles. The quantitative estimate of drug-likeness (QED) is 0.677. The molecule has 1 heterocycles. The first-order valence-corrected chi connectivity index (χ1v) is 8.72. The van der Waals surface area contributed by atoms with Crippen LogP contribution in [0.2, 0.25) is 0 Å². The Bertz CT molecular complexity index is 327. The lowest BCUT2D eigenvalue weighted by Gasteiger charge is -2.33. The minimum absolute atomic E-state index is 0.498. The lowest BCUT2D eigenvalue weighted by molar-refractivity contribution is 0.249. The zero-order valence-electron chi connectivity index (χ0n) is 11.4. The van der Waals surface area contributed by atoms with Gasteiger partial charge < -0.3 is 0 Å². The van der Waals surface area contributed by atoms with Gasteiger partial charge in [-0.3, -0.25) is 0 Å². The van der Waals surface area contributed by atoms with E-state index >= 15 is 0 Å². The van der Waals surface area contributed by atoms with Gasteiger partial charge in [-0.15, -0.1) is 11.6 Å². The number of nitrogens with zero attached hydrogens (tertiary/aromatic N) is 2. The summed E-state index contributed by atoms with van der Waals surface area (Å²) in [5, 5.41) is 0. The number of piperidine rings is 1. The first kappa shape index (κ1) is 16.2. The molecule has 0 spiro atoms. The first-order chi connectivity index (χ1) is 8.52. The lowest BCUT2D eigenvalue weighted by atomic mass is 9.94. The van der Waals surface area contributed by atoms with Gasteiger partial charge in [0.05, 0.1) is 0 Å². The molecule has 4 nitrogen and oxygen atoms in total. The smallest absolute Gasteiger partial charge is 0.195 e. The first-order valence-electron chi connectivity index (χ1n) is 6.79. The molecule has 0 atom stereocenters. The van der Waals surface area contributed by atoms with Crippen molar-refractivity contribution in [2.75, 3.05) is 32.6 Å². The number of rotatable bonds is 7. The predicted molar refractivity (Wildman–Crippen MR) is 76.1 cm³/mol. The molecule has 0 saturated carbocycles. The maximum Gasteiger partial charge on any atom is 0.281 e. The van der Waals surface area contributed by atoms with Crippen molar-refractivity contribution in [2.45, 2.75) is 39.0 Å². The molecule has 0 aromatic heterocycles. The molecule has 1 aliphatic rings. The molecule has 0 N–H and O–H groups in total. The van der Waals surface area contributed by atoms with Crippen LogP contribution in [0.5, 0.6) is 0 Å². The molecular weight excluding hydrogens is 272 g/mol. The van der Waals surface area contributed by atoms with Gasteiger partial charge in [0.25, 0.3) is 10.2 Å². The Balaban J connectivity index is 2.49. The average Bonchev–Trinajstić information content (AvgIpc) is 2.37. The van der Waals surface area contributed by atoms with Crippen molar-refractivity contribution in [3.05, 3.63) is 0 Å². The van der Waals surface area contributed by atoms with E-state index in [1.807, 2.05) is 0 Å². The van der Waals surface area contributed by atoms with Crippen molar-refractivity contribution < 1.29 is 8.42 Å². The molecule has 1 rings (SSSR count). The van der Waals surface area contributed by atoms with Crippen molar-refractivity contribution in [1.29, 1.82) is 0 Å². The Morgan fingerprint density at radius 1 is 1.33 bits per heavy atom. The normalized spacial score (nSPS) is 19.6. The summed E-state index contributed by atoms with van der Waals surface area (Å²) in [6.45, 7) is 4.01. The fraction of sp³-hybridized carbons (Fsp3) is 1.00. The molecule has 6 heteroatoms. The Labute approximate surface area is 116 Å². The van der Waals surface area contributed by atoms with Crippen LogP contribution in [0.25, 0.3) is 0 Å². The highest BCUT2D eigenvalue weighted by atomic mass is 35.5. The van der Waals surface area contributed by atoms with Crippen LogP contribution in [0.3, 0.4) is 0 Å². The topological polar surface area (TPSA) is 40.6 Å². The van der Waals surface area contributed by atoms with E-state index in [0.29, 0.717) is 37.9 Å². The Hall–Kier alpha value is 0.160. The van der Waals surface area contributed by atoms with Crippen LogP contribution >= 0.6 is 11.6 Å². The number of halogens is 1. The van der Waals surface area contributed by atoms with Crippen molar-refractivity contribution in [3.8, 4) is 0 Å². The molecule has 0 aliphatic carbocycles. The van der Waals surface area contributed by atoms with Gasteiger partial charge in [0, 0.05) is 32.6 Å². The van der Waals surface area contributed by atoms with Gasteiger partial charge in [0.1, 0.15) is 0 Å². The fourth-order valence-corrected chi connectivity index (χ4v) is 3.98. The average molecular weight is 297 g/mol. The SMILES string of the molecule is CCCC1CCN(S(=O)(=O)N(C)CCCCl)CC1. The van der Waals surface area contributed by atoms with E-state index in [1.165, 1.54) is 17.1 Å². The molecule has 0 amide bonds. The van der Waals surface area contributed by atoms with E-state index in [0.717, 1.165) is 12.8 Å². The van der Waals surface area contributed by atoms with E-state index in [-0.39, 0.29) is 0 Å². The van der Waals surface area contributed by atoms with Crippen molar-refractivity contribution in [3.63, 3.8) is 0 Å². The van der Waals surface area contributed by atoms with E-state index in [1.54, 1.807) is 11.4 Å². The number of alkyl halides is 1. The molecule has 108 valence electrons. The van der Waals surface area contributed by atoms with Crippen LogP contribution < -0.4 is 0 Å². The van der Waals surface area contributed by atoms with E-state index in [9.17, 15) is 8.42 Å². The van der Waals surface area contributed by atoms with Crippen LogP contribution in [-0.4, -0.2) is 49.6 Å². The van der Waals surface area contributed by atoms with Gasteiger partial charge in [0.15, 0.2) is 0 Å². The summed E-state index contributed by atoms with van der Waals surface area (Å²) >= 11 is 5.60. The minimum atomic E-state index is -3.26. The van der Waals surface area contributed by atoms with Gasteiger partial charge in [-0.1, -0.05) is 19.8 Å². The lowest BCUT2D eigenvalue weighted by Crippen LogP contribution is -2.46. The highest BCUT2D eigenvalue weighted by molar-refractivity contribution is 7.86. The highest BCUT2D eigenvalue weighted by Gasteiger charge is 2.30. The number of hydrogen-bond acceptors (Lipinski definition) is 2. The third-order valence-corrected chi connectivity index (χ3v) is 5.85. The van der Waals surface area contributed by atoms with Gasteiger partial charge >= 0.3 is 0 Å². The van der Waals surface area contributed by atoms with E-state index in [4.69, 9.17) is 11.6 Å². The highest BCUT2D eigenvalue weighted by Crippen LogP contribution is 2.24. The molecule has 18 heavy (non-hydrogen) atoms. The van der Waals surface area contributed by atoms with E-state index < -0.39 is 10.2 Å². The molecule has 1 aliphatic heterocycles. The van der Waals surface area contributed by atoms with Gasteiger partial charge in [0.2, 0.25) is 0 Å². The van der Waals surface area contributed by atoms with Crippen LogP contribution in [0.4, 0.5) is 0 Å². The predicted octanol–water partition coefficient (Wildman–Crippen LogP) is 2.30. The van der Waals surface area contributed by atoms with Crippen molar-refractivity contribution >= 4 is 21.8 Å². The van der Waals surface area contributed by atoms with Crippen LogP contribution in [0.15, 0.2) is 0 Å². The monoisotopic (exact) mass is 296 g/mol. The summed E-state index contributed by atoms with van der Waals surface area (Å²) in [4.78, 5) is 0. The zero-order valence-corrected chi connectivity index (χ0v) is 13.0.